The molecule has 0 rings (SSSR count). The van der Waals surface area contributed by atoms with Crippen molar-refractivity contribution in [2.75, 3.05) is 0 Å². The Bertz CT molecular complexity index is 14.4. The maximum absolute atomic E-state index is 3.36. The third kappa shape index (κ3) is 5.02. The topological polar surface area (TPSA) is 0 Å². The van der Waals surface area contributed by atoms with Gasteiger partial charge in [0.1, 0.15) is 0 Å². The van der Waals surface area contributed by atoms with E-state index in [2.05, 4.69) is 10.2 Å². The van der Waals surface area contributed by atoms with Gasteiger partial charge in [-0.25, -0.2) is 0 Å². The van der Waals surface area contributed by atoms with Crippen LogP contribution in [0.5, 0.6) is 0 Å². The second kappa shape index (κ2) is 5.02. The van der Waals surface area contributed by atoms with E-state index in [1.807, 2.05) is 0 Å². The van der Waals surface area contributed by atoms with Gasteiger partial charge in [-0.05, 0) is 0 Å². The van der Waals surface area contributed by atoms with Crippen molar-refractivity contribution in [2.24, 2.45) is 0 Å². The Morgan fingerprint density at radius 1 is 1.60 bits per heavy atom. The predicted octanol–water partition coefficient (Wildman–Crippen LogP) is 0.550. The van der Waals surface area contributed by atoms with Crippen LogP contribution in [0, 0.1) is 0 Å². The van der Waals surface area contributed by atoms with Gasteiger partial charge in [-0.2, -0.15) is 0 Å². The van der Waals surface area contributed by atoms with E-state index in [-0.39, 0.29) is 0 Å². The van der Waals surface area contributed by atoms with Crippen LogP contribution >= 0.6 is 0 Å². The molecule has 5 heavy (non-hydrogen) atoms. The minimum absolute atomic E-state index is 1.17. The molecule has 3 radical (unpaired) electrons. The van der Waals surface area contributed by atoms with Crippen LogP contribution in [0.15, 0.2) is 0 Å². The van der Waals surface area contributed by atoms with Gasteiger partial charge in [0.15, 0.2) is 0 Å². The van der Waals surface area contributed by atoms with Crippen molar-refractivity contribution in [3.63, 3.8) is 0 Å². The zero-order valence-corrected chi connectivity index (χ0v) is 6.98. The van der Waals surface area contributed by atoms with Crippen molar-refractivity contribution in [3.8, 4) is 0 Å². The van der Waals surface area contributed by atoms with E-state index in [9.17, 15) is 0 Å². The SMILES string of the molecule is [Si]CC[CH2][Sn+3]. The van der Waals surface area contributed by atoms with Gasteiger partial charge in [-0.15, -0.1) is 0 Å². The Morgan fingerprint density at radius 3 is 2.20 bits per heavy atom. The monoisotopic (exact) mass is 190 g/mol. The first kappa shape index (κ1) is 6.02. The van der Waals surface area contributed by atoms with Gasteiger partial charge in [0.05, 0.1) is 0 Å². The summed E-state index contributed by atoms with van der Waals surface area (Å²) in [6.07, 6.45) is 1.34. The van der Waals surface area contributed by atoms with E-state index in [0.29, 0.717) is 0 Å². The van der Waals surface area contributed by atoms with Gasteiger partial charge < -0.3 is 0 Å². The van der Waals surface area contributed by atoms with Crippen LogP contribution in [0.25, 0.3) is 0 Å². The Hall–Kier alpha value is 1.02. The molecule has 0 saturated carbocycles. The zero-order chi connectivity index (χ0) is 4.12. The molecule has 0 bridgehead atoms. The molecular weight excluding hydrogens is 183 g/mol. The van der Waals surface area contributed by atoms with E-state index < -0.39 is 0 Å². The standard InChI is InChI=1S/C3H6Si.Sn/c1-2-3-4;/h1-3H2;/q;+3. The first-order chi connectivity index (χ1) is 2.41. The zero-order valence-electron chi connectivity index (χ0n) is 3.12. The van der Waals surface area contributed by atoms with Gasteiger partial charge in [0.25, 0.3) is 0 Å². The fourth-order valence-electron chi connectivity index (χ4n) is 0.0884. The molecule has 0 aliphatic carbocycles. The Kier molecular flexibility index (Phi) is 6.03. The molecular formula is C3H6SiSn+3. The molecule has 0 N–H and O–H groups in total. The molecule has 0 heterocycles. The average molecular weight is 189 g/mol. The van der Waals surface area contributed by atoms with Crippen LogP contribution < -0.4 is 0 Å². The molecule has 2 heteroatoms. The first-order valence-corrected chi connectivity index (χ1v) is 4.43. The molecule has 0 amide bonds. The Morgan fingerprint density at radius 2 is 2.20 bits per heavy atom. The molecule has 0 fully saturated rings. The van der Waals surface area contributed by atoms with E-state index in [1.54, 1.807) is 22.5 Å². The fraction of sp³-hybridized carbons (Fsp3) is 1.00. The van der Waals surface area contributed by atoms with E-state index in [4.69, 9.17) is 0 Å². The molecule has 0 aliphatic heterocycles. The van der Waals surface area contributed by atoms with Crippen molar-refractivity contribution in [1.29, 1.82) is 0 Å². The van der Waals surface area contributed by atoms with Gasteiger partial charge >= 0.3 is 49.7 Å². The number of rotatable bonds is 2. The summed E-state index contributed by atoms with van der Waals surface area (Å²) in [5, 5.41) is 0. The second-order valence-electron chi connectivity index (χ2n) is 0.854. The summed E-state index contributed by atoms with van der Waals surface area (Å²) in [6, 6.07) is 1.17. The molecule has 0 aromatic heterocycles. The normalized spacial score (nSPS) is 8.60. The van der Waals surface area contributed by atoms with Crippen molar-refractivity contribution >= 4 is 32.8 Å². The van der Waals surface area contributed by atoms with Crippen LogP contribution in [0.2, 0.25) is 10.5 Å². The van der Waals surface area contributed by atoms with Gasteiger partial charge in [0, 0.05) is 0 Å². The molecule has 0 aliphatic rings. The Balaban J connectivity index is 2.19. The molecule has 23 valence electrons. The average Bonchev–Trinajstić information content (AvgIpc) is 1.41. The van der Waals surface area contributed by atoms with E-state index >= 15 is 0 Å². The minimum atomic E-state index is 1.17. The predicted molar refractivity (Wildman–Crippen MR) is 25.7 cm³/mol. The van der Waals surface area contributed by atoms with Gasteiger partial charge in [-0.3, -0.25) is 0 Å². The molecule has 0 aromatic rings. The summed E-state index contributed by atoms with van der Waals surface area (Å²) >= 11 is 1.65. The van der Waals surface area contributed by atoms with Gasteiger partial charge in [0.2, 0.25) is 0 Å². The fourth-order valence-corrected chi connectivity index (χ4v) is 1.78. The second-order valence-corrected chi connectivity index (χ2v) is 2.78. The maximum atomic E-state index is 3.36. The van der Waals surface area contributed by atoms with Crippen LogP contribution in [0.1, 0.15) is 6.42 Å². The summed E-state index contributed by atoms with van der Waals surface area (Å²) in [4.78, 5) is 0. The van der Waals surface area contributed by atoms with Crippen LogP contribution in [0.4, 0.5) is 0 Å². The summed E-state index contributed by atoms with van der Waals surface area (Å²) in [6.45, 7) is 0. The summed E-state index contributed by atoms with van der Waals surface area (Å²) in [5.41, 5.74) is 0. The number of hydrogen-bond acceptors (Lipinski definition) is 0. The third-order valence-corrected chi connectivity index (χ3v) is 1.72. The Labute approximate surface area is 49.8 Å². The molecule has 0 nitrogen and oxygen atoms in total. The van der Waals surface area contributed by atoms with Crippen molar-refractivity contribution < 1.29 is 0 Å². The summed E-state index contributed by atoms with van der Waals surface area (Å²) in [7, 11) is 3.36. The summed E-state index contributed by atoms with van der Waals surface area (Å²) in [5.74, 6) is 0. The van der Waals surface area contributed by atoms with Gasteiger partial charge in [-0.1, -0.05) is 0 Å². The number of hydrogen-bond donors (Lipinski definition) is 0. The molecule has 0 unspecified atom stereocenters. The molecule has 0 saturated heterocycles. The summed E-state index contributed by atoms with van der Waals surface area (Å²) < 4.78 is 1.39. The van der Waals surface area contributed by atoms with Crippen molar-refractivity contribution in [3.05, 3.63) is 0 Å². The molecule has 0 atom stereocenters. The van der Waals surface area contributed by atoms with Crippen LogP contribution in [0.3, 0.4) is 0 Å². The molecule has 0 aromatic carbocycles. The van der Waals surface area contributed by atoms with Crippen LogP contribution in [-0.2, 0) is 0 Å². The van der Waals surface area contributed by atoms with Crippen molar-refractivity contribution in [2.45, 2.75) is 16.9 Å². The molecule has 0 spiro atoms. The van der Waals surface area contributed by atoms with Crippen molar-refractivity contribution in [1.82, 2.24) is 0 Å². The third-order valence-electron chi connectivity index (χ3n) is 0.354. The van der Waals surface area contributed by atoms with Crippen LogP contribution in [-0.4, -0.2) is 32.8 Å². The quantitative estimate of drug-likeness (QED) is 0.556. The van der Waals surface area contributed by atoms with E-state index in [1.165, 1.54) is 16.9 Å². The first-order valence-electron chi connectivity index (χ1n) is 1.71. The van der Waals surface area contributed by atoms with E-state index in [0.717, 1.165) is 0 Å².